The molecule has 1 aliphatic rings. The van der Waals surface area contributed by atoms with Crippen molar-refractivity contribution in [2.75, 3.05) is 33.4 Å². The number of ether oxygens (including phenoxy) is 2. The molecule has 1 aliphatic heterocycles. The van der Waals surface area contributed by atoms with E-state index in [4.69, 9.17) is 9.47 Å². The predicted octanol–water partition coefficient (Wildman–Crippen LogP) is 1.69. The topological polar surface area (TPSA) is 97.8 Å². The van der Waals surface area contributed by atoms with E-state index >= 15 is 0 Å². The first kappa shape index (κ1) is 21.2. The molecule has 29 heavy (non-hydrogen) atoms. The molecule has 1 N–H and O–H groups in total. The molecule has 2 heterocycles. The van der Waals surface area contributed by atoms with E-state index in [2.05, 4.69) is 10.3 Å². The number of hydrogen-bond acceptors (Lipinski definition) is 6. The number of hydrogen-bond donors (Lipinski definition) is 1. The molecule has 0 atom stereocenters. The molecule has 0 spiro atoms. The van der Waals surface area contributed by atoms with E-state index in [0.717, 1.165) is 0 Å². The molecule has 9 heteroatoms. The number of pyridine rings is 1. The summed E-state index contributed by atoms with van der Waals surface area (Å²) >= 11 is 0. The first-order valence-corrected chi connectivity index (χ1v) is 10.9. The highest BCUT2D eigenvalue weighted by molar-refractivity contribution is 7.89. The number of benzene rings is 1. The van der Waals surface area contributed by atoms with Crippen molar-refractivity contribution in [3.8, 4) is 5.75 Å². The average Bonchev–Trinajstić information content (AvgIpc) is 2.75. The minimum Gasteiger partial charge on any atom is -0.491 e. The van der Waals surface area contributed by atoms with Crippen LogP contribution in [0.25, 0.3) is 0 Å². The molecular weight excluding hydrogens is 394 g/mol. The Kier molecular flexibility index (Phi) is 7.18. The Morgan fingerprint density at radius 1 is 1.17 bits per heavy atom. The largest absolute Gasteiger partial charge is 0.491 e. The molecule has 1 saturated heterocycles. The van der Waals surface area contributed by atoms with E-state index in [0.29, 0.717) is 50.5 Å². The van der Waals surface area contributed by atoms with Crippen LogP contribution in [0.2, 0.25) is 0 Å². The van der Waals surface area contributed by atoms with Gasteiger partial charge in [-0.05, 0) is 49.2 Å². The van der Waals surface area contributed by atoms with E-state index in [1.165, 1.54) is 10.5 Å². The molecule has 0 aliphatic carbocycles. The second kappa shape index (κ2) is 9.82. The van der Waals surface area contributed by atoms with Crippen LogP contribution in [0.15, 0.2) is 53.7 Å². The molecular formula is C20H25N3O5S. The Balaban J connectivity index is 1.54. The number of carbonyl (C=O) groups is 1. The molecule has 1 amide bonds. The molecule has 1 aromatic heterocycles. The Bertz CT molecular complexity index is 895. The van der Waals surface area contributed by atoms with Gasteiger partial charge in [-0.15, -0.1) is 0 Å². The Morgan fingerprint density at radius 2 is 1.90 bits per heavy atom. The van der Waals surface area contributed by atoms with Crippen molar-refractivity contribution < 1.29 is 22.7 Å². The van der Waals surface area contributed by atoms with Crippen LogP contribution in [-0.4, -0.2) is 63.1 Å². The van der Waals surface area contributed by atoms with E-state index in [-0.39, 0.29) is 16.8 Å². The van der Waals surface area contributed by atoms with Crippen LogP contribution in [0, 0.1) is 0 Å². The minimum absolute atomic E-state index is 0.0642. The maximum absolute atomic E-state index is 12.9. The zero-order chi connectivity index (χ0) is 20.7. The van der Waals surface area contributed by atoms with Crippen LogP contribution in [0.5, 0.6) is 5.75 Å². The van der Waals surface area contributed by atoms with Gasteiger partial charge in [0.2, 0.25) is 10.0 Å². The van der Waals surface area contributed by atoms with Crippen LogP contribution in [0.3, 0.4) is 0 Å². The zero-order valence-electron chi connectivity index (χ0n) is 16.3. The number of nitrogens with zero attached hydrogens (tertiary/aromatic N) is 2. The van der Waals surface area contributed by atoms with Gasteiger partial charge in [0.15, 0.2) is 0 Å². The van der Waals surface area contributed by atoms with Gasteiger partial charge in [0, 0.05) is 38.6 Å². The lowest BCUT2D eigenvalue weighted by Crippen LogP contribution is -2.46. The summed E-state index contributed by atoms with van der Waals surface area (Å²) in [7, 11) is -1.99. The van der Waals surface area contributed by atoms with Crippen molar-refractivity contribution >= 4 is 15.9 Å². The van der Waals surface area contributed by atoms with Gasteiger partial charge >= 0.3 is 0 Å². The Morgan fingerprint density at radius 3 is 2.52 bits per heavy atom. The maximum atomic E-state index is 12.9. The van der Waals surface area contributed by atoms with Crippen LogP contribution < -0.4 is 10.1 Å². The predicted molar refractivity (Wildman–Crippen MR) is 107 cm³/mol. The molecule has 0 unspecified atom stereocenters. The quantitative estimate of drug-likeness (QED) is 0.654. The van der Waals surface area contributed by atoms with Gasteiger partial charge in [-0.3, -0.25) is 9.78 Å². The van der Waals surface area contributed by atoms with Gasteiger partial charge in [0.25, 0.3) is 5.91 Å². The molecule has 156 valence electrons. The SMILES string of the molecule is COCCOc1ccc(S(=O)(=O)N2CCC(NC(=O)c3cccnc3)CC2)cc1. The summed E-state index contributed by atoms with van der Waals surface area (Å²) in [5, 5.41) is 2.95. The lowest BCUT2D eigenvalue weighted by molar-refractivity contribution is 0.0923. The molecule has 3 rings (SSSR count). The van der Waals surface area contributed by atoms with Gasteiger partial charge in [0.05, 0.1) is 17.1 Å². The smallest absolute Gasteiger partial charge is 0.253 e. The van der Waals surface area contributed by atoms with E-state index in [1.54, 1.807) is 49.7 Å². The molecule has 8 nitrogen and oxygen atoms in total. The minimum atomic E-state index is -3.58. The number of carbonyl (C=O) groups excluding carboxylic acids is 1. The summed E-state index contributed by atoms with van der Waals surface area (Å²) in [6.07, 6.45) is 4.24. The van der Waals surface area contributed by atoms with Crippen LogP contribution >= 0.6 is 0 Å². The molecule has 1 aromatic carbocycles. The summed E-state index contributed by atoms with van der Waals surface area (Å²) in [5.74, 6) is 0.404. The lowest BCUT2D eigenvalue weighted by Gasteiger charge is -2.31. The second-order valence-electron chi connectivity index (χ2n) is 6.71. The average molecular weight is 420 g/mol. The van der Waals surface area contributed by atoms with Crippen LogP contribution in [0.4, 0.5) is 0 Å². The fraction of sp³-hybridized carbons (Fsp3) is 0.400. The van der Waals surface area contributed by atoms with Crippen molar-refractivity contribution in [3.63, 3.8) is 0 Å². The van der Waals surface area contributed by atoms with Crippen molar-refractivity contribution in [2.45, 2.75) is 23.8 Å². The van der Waals surface area contributed by atoms with Crippen LogP contribution in [0.1, 0.15) is 23.2 Å². The van der Waals surface area contributed by atoms with Gasteiger partial charge in [0.1, 0.15) is 12.4 Å². The number of nitrogens with one attached hydrogen (secondary N) is 1. The highest BCUT2D eigenvalue weighted by Crippen LogP contribution is 2.23. The molecule has 0 bridgehead atoms. The zero-order valence-corrected chi connectivity index (χ0v) is 17.1. The summed E-state index contributed by atoms with van der Waals surface area (Å²) in [4.78, 5) is 16.4. The number of rotatable bonds is 8. The van der Waals surface area contributed by atoms with Crippen molar-refractivity contribution in [2.24, 2.45) is 0 Å². The summed E-state index contributed by atoms with van der Waals surface area (Å²) < 4.78 is 37.6. The summed E-state index contributed by atoms with van der Waals surface area (Å²) in [6.45, 7) is 1.58. The number of aromatic nitrogens is 1. The molecule has 0 saturated carbocycles. The summed E-state index contributed by atoms with van der Waals surface area (Å²) in [6, 6.07) is 9.72. The summed E-state index contributed by atoms with van der Waals surface area (Å²) in [5.41, 5.74) is 0.496. The van der Waals surface area contributed by atoms with E-state index in [1.807, 2.05) is 0 Å². The number of amides is 1. The highest BCUT2D eigenvalue weighted by atomic mass is 32.2. The third-order valence-electron chi connectivity index (χ3n) is 4.73. The fourth-order valence-electron chi connectivity index (χ4n) is 3.11. The maximum Gasteiger partial charge on any atom is 0.253 e. The van der Waals surface area contributed by atoms with Crippen molar-refractivity contribution in [1.29, 1.82) is 0 Å². The van der Waals surface area contributed by atoms with Gasteiger partial charge < -0.3 is 14.8 Å². The second-order valence-corrected chi connectivity index (χ2v) is 8.64. The normalized spacial score (nSPS) is 15.8. The first-order valence-electron chi connectivity index (χ1n) is 9.43. The Hall–Kier alpha value is -2.49. The standard InChI is InChI=1S/C20H25N3O5S/c1-27-13-14-28-18-4-6-19(7-5-18)29(25,26)23-11-8-17(9-12-23)22-20(24)16-3-2-10-21-15-16/h2-7,10,15,17H,8-9,11-14H2,1H3,(H,22,24). The van der Waals surface area contributed by atoms with Gasteiger partial charge in [-0.25, -0.2) is 8.42 Å². The fourth-order valence-corrected chi connectivity index (χ4v) is 4.58. The first-order chi connectivity index (χ1) is 14.0. The van der Waals surface area contributed by atoms with Crippen molar-refractivity contribution in [3.05, 3.63) is 54.4 Å². The molecule has 1 fully saturated rings. The third kappa shape index (κ3) is 5.53. The van der Waals surface area contributed by atoms with Crippen LogP contribution in [-0.2, 0) is 14.8 Å². The highest BCUT2D eigenvalue weighted by Gasteiger charge is 2.30. The number of piperidine rings is 1. The molecule has 0 radical (unpaired) electrons. The Labute approximate surface area is 170 Å². The van der Waals surface area contributed by atoms with Crippen molar-refractivity contribution in [1.82, 2.24) is 14.6 Å². The lowest BCUT2D eigenvalue weighted by atomic mass is 10.1. The monoisotopic (exact) mass is 419 g/mol. The number of sulfonamides is 1. The molecule has 2 aromatic rings. The third-order valence-corrected chi connectivity index (χ3v) is 6.64. The van der Waals surface area contributed by atoms with Gasteiger partial charge in [-0.1, -0.05) is 0 Å². The van der Waals surface area contributed by atoms with E-state index < -0.39 is 10.0 Å². The number of methoxy groups -OCH3 is 1. The van der Waals surface area contributed by atoms with Gasteiger partial charge in [-0.2, -0.15) is 4.31 Å². The van der Waals surface area contributed by atoms with E-state index in [9.17, 15) is 13.2 Å².